The Balaban J connectivity index is 0.000000713. The molecule has 5 heteroatoms. The van der Waals surface area contributed by atoms with E-state index in [0.717, 1.165) is 25.7 Å². The van der Waals surface area contributed by atoms with Crippen molar-refractivity contribution in [2.45, 2.75) is 106 Å². The van der Waals surface area contributed by atoms with E-state index in [2.05, 4.69) is 6.92 Å². The second-order valence-corrected chi connectivity index (χ2v) is 9.90. The van der Waals surface area contributed by atoms with E-state index in [-0.39, 0.29) is 18.0 Å². The van der Waals surface area contributed by atoms with Gasteiger partial charge in [-0.1, -0.05) is 27.2 Å². The molecule has 0 bridgehead atoms. The van der Waals surface area contributed by atoms with E-state index in [1.807, 2.05) is 41.5 Å². The van der Waals surface area contributed by atoms with E-state index in [4.69, 9.17) is 9.84 Å². The Morgan fingerprint density at radius 3 is 1.78 bits per heavy atom. The lowest BCUT2D eigenvalue weighted by Gasteiger charge is -2.41. The molecule has 160 valence electrons. The number of hydrogen-bond donors (Lipinski definition) is 2. The van der Waals surface area contributed by atoms with Crippen molar-refractivity contribution < 1.29 is 24.5 Å². The number of rotatable bonds is 6. The Hall–Kier alpha value is -1.10. The molecule has 1 saturated carbocycles. The number of aliphatic hydroxyl groups is 1. The Labute approximate surface area is 165 Å². The zero-order valence-corrected chi connectivity index (χ0v) is 18.9. The molecule has 0 saturated heterocycles. The maximum absolute atomic E-state index is 12.2. The number of aliphatic carboxylic acids is 1. The number of ether oxygens (including phenoxy) is 1. The van der Waals surface area contributed by atoms with Crippen LogP contribution in [0.1, 0.15) is 94.4 Å². The number of carboxylic acids is 1. The third-order valence-corrected chi connectivity index (χ3v) is 6.12. The molecular weight excluding hydrogens is 344 g/mol. The second-order valence-electron chi connectivity index (χ2n) is 9.90. The van der Waals surface area contributed by atoms with Crippen molar-refractivity contribution in [2.24, 2.45) is 22.7 Å². The molecule has 1 fully saturated rings. The molecule has 0 amide bonds. The van der Waals surface area contributed by atoms with Crippen molar-refractivity contribution in [1.82, 2.24) is 0 Å². The molecule has 1 aliphatic rings. The van der Waals surface area contributed by atoms with Gasteiger partial charge < -0.3 is 14.9 Å². The maximum atomic E-state index is 12.2. The fourth-order valence-corrected chi connectivity index (χ4v) is 2.86. The molecule has 0 aliphatic heterocycles. The first-order valence-electron chi connectivity index (χ1n) is 10.2. The summed E-state index contributed by atoms with van der Waals surface area (Å²) in [4.78, 5) is 22.5. The molecule has 0 spiro atoms. The monoisotopic (exact) mass is 386 g/mol. The molecule has 1 rings (SSSR count). The van der Waals surface area contributed by atoms with Crippen LogP contribution in [0.2, 0.25) is 0 Å². The lowest BCUT2D eigenvalue weighted by Crippen LogP contribution is -2.46. The van der Waals surface area contributed by atoms with Crippen molar-refractivity contribution in [1.29, 1.82) is 0 Å². The summed E-state index contributed by atoms with van der Waals surface area (Å²) >= 11 is 0. The quantitative estimate of drug-likeness (QED) is 0.624. The Bertz CT molecular complexity index is 487. The molecule has 0 radical (unpaired) electrons. The Morgan fingerprint density at radius 1 is 0.963 bits per heavy atom. The first-order valence-corrected chi connectivity index (χ1v) is 10.2. The van der Waals surface area contributed by atoms with Crippen LogP contribution in [0.25, 0.3) is 0 Å². The first kappa shape index (κ1) is 25.9. The fourth-order valence-electron chi connectivity index (χ4n) is 2.86. The van der Waals surface area contributed by atoms with Crippen molar-refractivity contribution in [3.8, 4) is 0 Å². The van der Waals surface area contributed by atoms with Gasteiger partial charge in [-0.15, -0.1) is 0 Å². The summed E-state index contributed by atoms with van der Waals surface area (Å²) in [6, 6.07) is 0. The summed E-state index contributed by atoms with van der Waals surface area (Å²) in [6.45, 7) is 17.0. The van der Waals surface area contributed by atoms with Crippen LogP contribution in [-0.2, 0) is 14.3 Å². The van der Waals surface area contributed by atoms with Crippen molar-refractivity contribution in [2.75, 3.05) is 0 Å². The molecule has 0 aromatic rings. The van der Waals surface area contributed by atoms with Gasteiger partial charge in [-0.25, -0.2) is 0 Å². The van der Waals surface area contributed by atoms with Crippen LogP contribution in [0.5, 0.6) is 0 Å². The summed E-state index contributed by atoms with van der Waals surface area (Å²) in [6.07, 6.45) is 4.18. The molecule has 3 atom stereocenters. The molecule has 27 heavy (non-hydrogen) atoms. The summed E-state index contributed by atoms with van der Waals surface area (Å²) in [7, 11) is 0. The van der Waals surface area contributed by atoms with Crippen LogP contribution in [-0.4, -0.2) is 33.9 Å². The minimum atomic E-state index is -0.790. The standard InChI is InChI=1S/C16H30O3.C6H12O2/c1-7-15(3,4)14(17)19-13-10-11(2)8-9-12(13)16(5,6)18;1-4-6(2,3)5(7)8/h11-13,18H,7-10H2,1-6H3;4H2,1-3H3,(H,7,8). The van der Waals surface area contributed by atoms with Crippen molar-refractivity contribution in [3.05, 3.63) is 0 Å². The number of carbonyl (C=O) groups is 2. The zero-order valence-electron chi connectivity index (χ0n) is 18.9. The highest BCUT2D eigenvalue weighted by Crippen LogP contribution is 2.38. The second kappa shape index (κ2) is 9.90. The van der Waals surface area contributed by atoms with Gasteiger partial charge in [0, 0.05) is 5.92 Å². The lowest BCUT2D eigenvalue weighted by molar-refractivity contribution is -0.172. The van der Waals surface area contributed by atoms with E-state index in [1.54, 1.807) is 13.8 Å². The Morgan fingerprint density at radius 2 is 1.44 bits per heavy atom. The molecule has 1 aliphatic carbocycles. The summed E-state index contributed by atoms with van der Waals surface area (Å²) in [5.74, 6) is -0.259. The third kappa shape index (κ3) is 8.20. The van der Waals surface area contributed by atoms with E-state index in [9.17, 15) is 14.7 Å². The maximum Gasteiger partial charge on any atom is 0.311 e. The SMILES string of the molecule is CCC(C)(C)C(=O)O.CCC(C)(C)C(=O)OC1CC(C)CCC1C(C)(C)O. The largest absolute Gasteiger partial charge is 0.481 e. The normalized spacial score (nSPS) is 23.9. The van der Waals surface area contributed by atoms with Gasteiger partial charge in [-0.2, -0.15) is 0 Å². The molecule has 0 aromatic carbocycles. The summed E-state index contributed by atoms with van der Waals surface area (Å²) in [5, 5.41) is 18.7. The van der Waals surface area contributed by atoms with E-state index < -0.39 is 22.4 Å². The van der Waals surface area contributed by atoms with Crippen LogP contribution >= 0.6 is 0 Å². The lowest BCUT2D eigenvalue weighted by atomic mass is 9.73. The van der Waals surface area contributed by atoms with Crippen LogP contribution in [0.15, 0.2) is 0 Å². The zero-order chi connectivity index (χ0) is 21.6. The molecule has 5 nitrogen and oxygen atoms in total. The number of esters is 1. The highest BCUT2D eigenvalue weighted by atomic mass is 16.5. The number of carboxylic acid groups (broad SMARTS) is 1. The van der Waals surface area contributed by atoms with Crippen LogP contribution in [0.3, 0.4) is 0 Å². The van der Waals surface area contributed by atoms with Crippen LogP contribution in [0, 0.1) is 22.7 Å². The smallest absolute Gasteiger partial charge is 0.311 e. The average molecular weight is 387 g/mol. The molecule has 3 unspecified atom stereocenters. The van der Waals surface area contributed by atoms with E-state index >= 15 is 0 Å². The topological polar surface area (TPSA) is 83.8 Å². The predicted molar refractivity (Wildman–Crippen MR) is 108 cm³/mol. The van der Waals surface area contributed by atoms with E-state index in [1.165, 1.54) is 0 Å². The Kier molecular flexibility index (Phi) is 9.50. The first-order chi connectivity index (χ1) is 12.1. The van der Waals surface area contributed by atoms with E-state index in [0.29, 0.717) is 12.3 Å². The summed E-state index contributed by atoms with van der Waals surface area (Å²) in [5.41, 5.74) is -1.77. The van der Waals surface area contributed by atoms with Gasteiger partial charge in [0.2, 0.25) is 0 Å². The number of hydrogen-bond acceptors (Lipinski definition) is 4. The molecular formula is C22H42O5. The van der Waals surface area contributed by atoms with Gasteiger partial charge in [0.05, 0.1) is 16.4 Å². The van der Waals surface area contributed by atoms with Gasteiger partial charge in [0.1, 0.15) is 6.10 Å². The molecule has 0 heterocycles. The van der Waals surface area contributed by atoms with Gasteiger partial charge in [-0.3, -0.25) is 9.59 Å². The van der Waals surface area contributed by atoms with Crippen LogP contribution in [0.4, 0.5) is 0 Å². The van der Waals surface area contributed by atoms with Crippen molar-refractivity contribution in [3.63, 3.8) is 0 Å². The molecule has 2 N–H and O–H groups in total. The third-order valence-electron chi connectivity index (χ3n) is 6.12. The highest BCUT2D eigenvalue weighted by Gasteiger charge is 2.41. The van der Waals surface area contributed by atoms with Crippen molar-refractivity contribution >= 4 is 11.9 Å². The van der Waals surface area contributed by atoms with Crippen LogP contribution < -0.4 is 0 Å². The number of carbonyl (C=O) groups excluding carboxylic acids is 1. The summed E-state index contributed by atoms with van der Waals surface area (Å²) < 4.78 is 5.76. The highest BCUT2D eigenvalue weighted by molar-refractivity contribution is 5.76. The van der Waals surface area contributed by atoms with Gasteiger partial charge in [0.15, 0.2) is 0 Å². The fraction of sp³-hybridized carbons (Fsp3) is 0.909. The molecule has 0 aromatic heterocycles. The van der Waals surface area contributed by atoms with Gasteiger partial charge in [-0.05, 0) is 73.1 Å². The minimum Gasteiger partial charge on any atom is -0.481 e. The van der Waals surface area contributed by atoms with Gasteiger partial charge in [0.25, 0.3) is 0 Å². The predicted octanol–water partition coefficient (Wildman–Crippen LogP) is 5.05. The average Bonchev–Trinajstić information content (AvgIpc) is 2.54. The minimum absolute atomic E-state index is 0.0420. The van der Waals surface area contributed by atoms with Gasteiger partial charge >= 0.3 is 11.9 Å².